The molecular formula is C11H9BrF3NO2. The maximum Gasteiger partial charge on any atom is 0.422 e. The fourth-order valence-electron chi connectivity index (χ4n) is 1.26. The fraction of sp³-hybridized carbons (Fsp3) is 0.364. The number of benzene rings is 1. The van der Waals surface area contributed by atoms with E-state index in [1.165, 1.54) is 19.2 Å². The van der Waals surface area contributed by atoms with Crippen molar-refractivity contribution in [2.75, 3.05) is 13.7 Å². The van der Waals surface area contributed by atoms with Crippen molar-refractivity contribution < 1.29 is 22.6 Å². The number of methoxy groups -OCH3 is 1. The monoisotopic (exact) mass is 323 g/mol. The molecule has 0 saturated carbocycles. The lowest BCUT2D eigenvalue weighted by atomic mass is 10.1. The first kappa shape index (κ1) is 14.6. The summed E-state index contributed by atoms with van der Waals surface area (Å²) in [5.74, 6) is 0.121. The second kappa shape index (κ2) is 5.96. The van der Waals surface area contributed by atoms with Crippen molar-refractivity contribution in [3.05, 3.63) is 22.2 Å². The van der Waals surface area contributed by atoms with Gasteiger partial charge in [0.2, 0.25) is 0 Å². The van der Waals surface area contributed by atoms with Gasteiger partial charge in [-0.1, -0.05) is 0 Å². The third-order valence-electron chi connectivity index (χ3n) is 1.95. The molecule has 18 heavy (non-hydrogen) atoms. The first-order chi connectivity index (χ1) is 8.37. The second-order valence-corrected chi connectivity index (χ2v) is 4.20. The minimum absolute atomic E-state index is 0.0310. The molecule has 0 unspecified atom stereocenters. The zero-order valence-electron chi connectivity index (χ0n) is 9.34. The molecule has 0 radical (unpaired) electrons. The molecule has 0 bridgehead atoms. The minimum Gasteiger partial charge on any atom is -0.493 e. The lowest BCUT2D eigenvalue weighted by Crippen LogP contribution is -2.19. The van der Waals surface area contributed by atoms with Gasteiger partial charge in [-0.25, -0.2) is 0 Å². The van der Waals surface area contributed by atoms with Crippen molar-refractivity contribution in [3.63, 3.8) is 0 Å². The maximum atomic E-state index is 12.1. The number of hydrogen-bond acceptors (Lipinski definition) is 3. The van der Waals surface area contributed by atoms with Gasteiger partial charge in [0, 0.05) is 0 Å². The summed E-state index contributed by atoms with van der Waals surface area (Å²) < 4.78 is 46.2. The maximum absolute atomic E-state index is 12.1. The highest BCUT2D eigenvalue weighted by atomic mass is 79.9. The number of nitrogens with zero attached hydrogens (tertiary/aromatic N) is 1. The molecule has 7 heteroatoms. The molecule has 1 rings (SSSR count). The Labute approximate surface area is 110 Å². The Hall–Kier alpha value is -1.42. The molecule has 0 spiro atoms. The van der Waals surface area contributed by atoms with Crippen LogP contribution in [0.4, 0.5) is 13.2 Å². The quantitative estimate of drug-likeness (QED) is 0.852. The van der Waals surface area contributed by atoms with Crippen molar-refractivity contribution in [3.8, 4) is 17.6 Å². The molecule has 0 amide bonds. The van der Waals surface area contributed by atoms with Crippen LogP contribution in [0.1, 0.15) is 5.56 Å². The van der Waals surface area contributed by atoms with Gasteiger partial charge in [-0.3, -0.25) is 0 Å². The average Bonchev–Trinajstić information content (AvgIpc) is 2.26. The number of alkyl halides is 3. The summed E-state index contributed by atoms with van der Waals surface area (Å²) in [6, 6.07) is 4.94. The molecule has 0 aromatic heterocycles. The molecule has 0 N–H and O–H groups in total. The van der Waals surface area contributed by atoms with Crippen molar-refractivity contribution in [2.24, 2.45) is 0 Å². The van der Waals surface area contributed by atoms with Crippen LogP contribution in [0.3, 0.4) is 0 Å². The van der Waals surface area contributed by atoms with E-state index in [9.17, 15) is 13.2 Å². The van der Waals surface area contributed by atoms with Crippen LogP contribution in [0, 0.1) is 11.3 Å². The first-order valence-corrected chi connectivity index (χ1v) is 5.59. The van der Waals surface area contributed by atoms with Crippen LogP contribution < -0.4 is 9.47 Å². The summed E-state index contributed by atoms with van der Waals surface area (Å²) in [7, 11) is 1.32. The second-order valence-electron chi connectivity index (χ2n) is 3.35. The van der Waals surface area contributed by atoms with E-state index in [0.29, 0.717) is 10.0 Å². The van der Waals surface area contributed by atoms with Crippen LogP contribution >= 0.6 is 15.9 Å². The SMILES string of the molecule is COc1cc(CC#N)cc(Br)c1OCC(F)(F)F. The van der Waals surface area contributed by atoms with E-state index in [0.717, 1.165) is 0 Å². The van der Waals surface area contributed by atoms with Crippen LogP contribution in [0.2, 0.25) is 0 Å². The van der Waals surface area contributed by atoms with Gasteiger partial charge in [0.25, 0.3) is 0 Å². The largest absolute Gasteiger partial charge is 0.493 e. The van der Waals surface area contributed by atoms with Crippen LogP contribution in [-0.4, -0.2) is 19.9 Å². The van der Waals surface area contributed by atoms with E-state index in [2.05, 4.69) is 20.7 Å². The molecule has 3 nitrogen and oxygen atoms in total. The molecule has 0 aliphatic carbocycles. The van der Waals surface area contributed by atoms with Crippen LogP contribution in [0.25, 0.3) is 0 Å². The molecule has 1 aromatic carbocycles. The third-order valence-corrected chi connectivity index (χ3v) is 2.54. The molecule has 0 fully saturated rings. The Morgan fingerprint density at radius 1 is 1.39 bits per heavy atom. The smallest absolute Gasteiger partial charge is 0.422 e. The zero-order valence-corrected chi connectivity index (χ0v) is 10.9. The van der Waals surface area contributed by atoms with Gasteiger partial charge in [0.15, 0.2) is 18.1 Å². The average molecular weight is 324 g/mol. The van der Waals surface area contributed by atoms with E-state index in [4.69, 9.17) is 10.00 Å². The van der Waals surface area contributed by atoms with E-state index < -0.39 is 12.8 Å². The van der Waals surface area contributed by atoms with E-state index in [-0.39, 0.29) is 17.9 Å². The summed E-state index contributed by atoms with van der Waals surface area (Å²) in [6.45, 7) is -1.40. The summed E-state index contributed by atoms with van der Waals surface area (Å²) >= 11 is 3.09. The van der Waals surface area contributed by atoms with E-state index >= 15 is 0 Å². The van der Waals surface area contributed by atoms with Crippen molar-refractivity contribution >= 4 is 15.9 Å². The van der Waals surface area contributed by atoms with Gasteiger partial charge in [0.05, 0.1) is 24.1 Å². The van der Waals surface area contributed by atoms with E-state index in [1.54, 1.807) is 0 Å². The third kappa shape index (κ3) is 4.11. The Morgan fingerprint density at radius 3 is 2.56 bits per heavy atom. The van der Waals surface area contributed by atoms with Crippen LogP contribution in [-0.2, 0) is 6.42 Å². The number of hydrogen-bond donors (Lipinski definition) is 0. The minimum atomic E-state index is -4.42. The Bertz CT molecular complexity index is 469. The normalized spacial score (nSPS) is 10.9. The molecule has 0 atom stereocenters. The molecule has 98 valence electrons. The van der Waals surface area contributed by atoms with Gasteiger partial charge in [0.1, 0.15) is 0 Å². The Balaban J connectivity index is 3.00. The van der Waals surface area contributed by atoms with Crippen molar-refractivity contribution in [2.45, 2.75) is 12.6 Å². The van der Waals surface area contributed by atoms with E-state index in [1.807, 2.05) is 6.07 Å². The fourth-order valence-corrected chi connectivity index (χ4v) is 1.86. The van der Waals surface area contributed by atoms with Gasteiger partial charge in [-0.15, -0.1) is 0 Å². The lowest BCUT2D eigenvalue weighted by Gasteiger charge is -2.14. The molecule has 0 saturated heterocycles. The molecule has 0 heterocycles. The number of rotatable bonds is 4. The van der Waals surface area contributed by atoms with Crippen LogP contribution in [0.15, 0.2) is 16.6 Å². The summed E-state index contributed by atoms with van der Waals surface area (Å²) in [4.78, 5) is 0. The predicted octanol–water partition coefficient (Wildman–Crippen LogP) is 3.46. The summed E-state index contributed by atoms with van der Waals surface area (Å²) in [5, 5.41) is 8.57. The number of ether oxygens (including phenoxy) is 2. The standard InChI is InChI=1S/C11H9BrF3NO2/c1-17-9-5-7(2-3-16)4-8(12)10(9)18-6-11(13,14)15/h4-5H,2,6H2,1H3. The number of halogens is 4. The molecule has 1 aromatic rings. The predicted molar refractivity (Wildman–Crippen MR) is 61.6 cm³/mol. The Morgan fingerprint density at radius 2 is 2.06 bits per heavy atom. The summed E-state index contributed by atoms with van der Waals surface area (Å²) in [6.07, 6.45) is -4.29. The summed E-state index contributed by atoms with van der Waals surface area (Å²) in [5.41, 5.74) is 0.626. The highest BCUT2D eigenvalue weighted by Gasteiger charge is 2.29. The van der Waals surface area contributed by atoms with Gasteiger partial charge in [-0.2, -0.15) is 18.4 Å². The Kier molecular flexibility index (Phi) is 4.84. The highest BCUT2D eigenvalue weighted by molar-refractivity contribution is 9.10. The van der Waals surface area contributed by atoms with Gasteiger partial charge < -0.3 is 9.47 Å². The highest BCUT2D eigenvalue weighted by Crippen LogP contribution is 2.37. The first-order valence-electron chi connectivity index (χ1n) is 4.80. The lowest BCUT2D eigenvalue weighted by molar-refractivity contribution is -0.153. The number of nitriles is 1. The van der Waals surface area contributed by atoms with Gasteiger partial charge in [-0.05, 0) is 33.6 Å². The zero-order chi connectivity index (χ0) is 13.8. The van der Waals surface area contributed by atoms with Crippen molar-refractivity contribution in [1.82, 2.24) is 0 Å². The van der Waals surface area contributed by atoms with Crippen LogP contribution in [0.5, 0.6) is 11.5 Å². The van der Waals surface area contributed by atoms with Gasteiger partial charge >= 0.3 is 6.18 Å². The molecule has 0 aliphatic rings. The van der Waals surface area contributed by atoms with Crippen molar-refractivity contribution in [1.29, 1.82) is 5.26 Å². The molecule has 0 aliphatic heterocycles. The molecular weight excluding hydrogens is 315 g/mol. The topological polar surface area (TPSA) is 42.2 Å².